The van der Waals surface area contributed by atoms with Gasteiger partial charge >= 0.3 is 0 Å². The Kier molecular flexibility index (Phi) is 4.97. The van der Waals surface area contributed by atoms with Crippen LogP contribution in [0.2, 0.25) is 0 Å². The lowest BCUT2D eigenvalue weighted by Gasteiger charge is -2.37. The number of piperazine rings is 1. The van der Waals surface area contributed by atoms with Crippen LogP contribution in [-0.4, -0.2) is 36.0 Å². The third kappa shape index (κ3) is 4.06. The topological polar surface area (TPSA) is 32.3 Å². The second-order valence-electron chi connectivity index (χ2n) is 5.54. The number of nitrogens with one attached hydrogen (secondary N) is 1. The molecule has 1 N–H and O–H groups in total. The fourth-order valence-corrected chi connectivity index (χ4v) is 2.60. The minimum Gasteiger partial charge on any atom is -0.337 e. The highest BCUT2D eigenvalue weighted by molar-refractivity contribution is 5.76. The van der Waals surface area contributed by atoms with Gasteiger partial charge in [0.2, 0.25) is 5.91 Å². The molecular formula is C16H24N2O. The molecule has 0 spiro atoms. The van der Waals surface area contributed by atoms with E-state index < -0.39 is 0 Å². The van der Waals surface area contributed by atoms with E-state index in [-0.39, 0.29) is 0 Å². The third-order valence-electron chi connectivity index (χ3n) is 3.78. The summed E-state index contributed by atoms with van der Waals surface area (Å²) in [4.78, 5) is 14.3. The van der Waals surface area contributed by atoms with Gasteiger partial charge in [-0.3, -0.25) is 4.79 Å². The molecule has 1 amide bonds. The van der Waals surface area contributed by atoms with Crippen LogP contribution in [0.4, 0.5) is 0 Å². The van der Waals surface area contributed by atoms with Crippen LogP contribution < -0.4 is 5.32 Å². The maximum atomic E-state index is 12.2. The molecule has 3 nitrogen and oxygen atoms in total. The van der Waals surface area contributed by atoms with Crippen molar-refractivity contribution in [3.8, 4) is 0 Å². The Labute approximate surface area is 116 Å². The van der Waals surface area contributed by atoms with Crippen LogP contribution in [0.3, 0.4) is 0 Å². The minimum atomic E-state index is 0.303. The van der Waals surface area contributed by atoms with Gasteiger partial charge in [-0.1, -0.05) is 30.3 Å². The van der Waals surface area contributed by atoms with Crippen molar-refractivity contribution in [3.05, 3.63) is 35.9 Å². The van der Waals surface area contributed by atoms with E-state index in [4.69, 9.17) is 0 Å². The zero-order chi connectivity index (χ0) is 13.7. The molecule has 1 aliphatic heterocycles. The Morgan fingerprint density at radius 2 is 2.05 bits per heavy atom. The number of aryl methyl sites for hydroxylation is 1. The Balaban J connectivity index is 1.77. The standard InChI is InChI=1S/C16H24N2O/c1-13-12-18(14(2)11-17-13)16(19)10-6-9-15-7-4-3-5-8-15/h3-5,7-8,13-14,17H,6,9-12H2,1-2H3. The molecule has 1 fully saturated rings. The van der Waals surface area contributed by atoms with E-state index in [1.807, 2.05) is 11.0 Å². The first-order chi connectivity index (χ1) is 9.16. The van der Waals surface area contributed by atoms with Crippen LogP contribution in [0, 0.1) is 0 Å². The molecule has 3 heteroatoms. The molecular weight excluding hydrogens is 236 g/mol. The fraction of sp³-hybridized carbons (Fsp3) is 0.562. The smallest absolute Gasteiger partial charge is 0.222 e. The molecule has 2 unspecified atom stereocenters. The number of rotatable bonds is 4. The molecule has 0 aromatic heterocycles. The first kappa shape index (κ1) is 14.1. The van der Waals surface area contributed by atoms with E-state index in [1.54, 1.807) is 0 Å². The van der Waals surface area contributed by atoms with E-state index in [0.29, 0.717) is 24.4 Å². The first-order valence-corrected chi connectivity index (χ1v) is 7.23. The fourth-order valence-electron chi connectivity index (χ4n) is 2.60. The van der Waals surface area contributed by atoms with Gasteiger partial charge in [0.1, 0.15) is 0 Å². The Morgan fingerprint density at radius 3 is 2.79 bits per heavy atom. The molecule has 1 saturated heterocycles. The van der Waals surface area contributed by atoms with Crippen molar-refractivity contribution in [2.75, 3.05) is 13.1 Å². The van der Waals surface area contributed by atoms with Gasteiger partial charge in [0.25, 0.3) is 0 Å². The normalized spacial score (nSPS) is 23.4. The number of benzene rings is 1. The summed E-state index contributed by atoms with van der Waals surface area (Å²) in [5, 5.41) is 3.40. The molecule has 104 valence electrons. The molecule has 1 aromatic rings. The average molecular weight is 260 g/mol. The largest absolute Gasteiger partial charge is 0.337 e. The number of nitrogens with zero attached hydrogens (tertiary/aromatic N) is 1. The monoisotopic (exact) mass is 260 g/mol. The highest BCUT2D eigenvalue weighted by Crippen LogP contribution is 2.11. The van der Waals surface area contributed by atoms with E-state index in [0.717, 1.165) is 25.9 Å². The van der Waals surface area contributed by atoms with E-state index in [9.17, 15) is 4.79 Å². The van der Waals surface area contributed by atoms with Crippen LogP contribution in [0.1, 0.15) is 32.3 Å². The number of carbonyl (C=O) groups excluding carboxylic acids is 1. The number of amides is 1. The van der Waals surface area contributed by atoms with Gasteiger partial charge in [-0.25, -0.2) is 0 Å². The summed E-state index contributed by atoms with van der Waals surface area (Å²) < 4.78 is 0. The quantitative estimate of drug-likeness (QED) is 0.900. The van der Waals surface area contributed by atoms with Crippen molar-refractivity contribution < 1.29 is 4.79 Å². The lowest BCUT2D eigenvalue weighted by Crippen LogP contribution is -2.56. The average Bonchev–Trinajstić information content (AvgIpc) is 2.42. The number of carbonyl (C=O) groups is 1. The molecule has 2 atom stereocenters. The first-order valence-electron chi connectivity index (χ1n) is 7.23. The van der Waals surface area contributed by atoms with Gasteiger partial charge in [-0.05, 0) is 32.3 Å². The lowest BCUT2D eigenvalue weighted by atomic mass is 10.1. The predicted octanol–water partition coefficient (Wildman–Crippen LogP) is 2.22. The van der Waals surface area contributed by atoms with Gasteiger partial charge in [-0.15, -0.1) is 0 Å². The molecule has 0 radical (unpaired) electrons. The van der Waals surface area contributed by atoms with Crippen molar-refractivity contribution in [3.63, 3.8) is 0 Å². The maximum absolute atomic E-state index is 12.2. The molecule has 1 aliphatic rings. The summed E-state index contributed by atoms with van der Waals surface area (Å²) in [6, 6.07) is 11.1. The highest BCUT2D eigenvalue weighted by Gasteiger charge is 2.25. The summed E-state index contributed by atoms with van der Waals surface area (Å²) >= 11 is 0. The predicted molar refractivity (Wildman–Crippen MR) is 78.0 cm³/mol. The third-order valence-corrected chi connectivity index (χ3v) is 3.78. The summed E-state index contributed by atoms with van der Waals surface area (Å²) in [5.41, 5.74) is 1.32. The van der Waals surface area contributed by atoms with E-state index >= 15 is 0 Å². The molecule has 0 bridgehead atoms. The maximum Gasteiger partial charge on any atom is 0.222 e. The van der Waals surface area contributed by atoms with Crippen LogP contribution in [0.15, 0.2) is 30.3 Å². The van der Waals surface area contributed by atoms with E-state index in [1.165, 1.54) is 5.56 Å². The zero-order valence-electron chi connectivity index (χ0n) is 11.9. The molecule has 0 saturated carbocycles. The van der Waals surface area contributed by atoms with Gasteiger partial charge in [0.05, 0.1) is 0 Å². The molecule has 19 heavy (non-hydrogen) atoms. The summed E-state index contributed by atoms with van der Waals surface area (Å²) in [5.74, 6) is 0.303. The van der Waals surface area contributed by atoms with Crippen LogP contribution in [0.5, 0.6) is 0 Å². The van der Waals surface area contributed by atoms with Crippen molar-refractivity contribution in [1.29, 1.82) is 0 Å². The van der Waals surface area contributed by atoms with Crippen molar-refractivity contribution in [2.45, 2.75) is 45.2 Å². The Bertz CT molecular complexity index is 404. The molecule has 0 aliphatic carbocycles. The second kappa shape index (κ2) is 6.71. The van der Waals surface area contributed by atoms with Gasteiger partial charge < -0.3 is 10.2 Å². The summed E-state index contributed by atoms with van der Waals surface area (Å²) in [6.45, 7) is 6.00. The van der Waals surface area contributed by atoms with Crippen LogP contribution in [0.25, 0.3) is 0 Å². The van der Waals surface area contributed by atoms with Crippen molar-refractivity contribution in [2.24, 2.45) is 0 Å². The lowest BCUT2D eigenvalue weighted by molar-refractivity contribution is -0.134. The molecule has 1 heterocycles. The summed E-state index contributed by atoms with van der Waals surface area (Å²) in [6.07, 6.45) is 2.59. The SMILES string of the molecule is CC1CN(C(=O)CCCc2ccccc2)C(C)CN1. The van der Waals surface area contributed by atoms with Gasteiger partial charge in [-0.2, -0.15) is 0 Å². The van der Waals surface area contributed by atoms with Crippen molar-refractivity contribution >= 4 is 5.91 Å². The highest BCUT2D eigenvalue weighted by atomic mass is 16.2. The minimum absolute atomic E-state index is 0.303. The molecule has 2 rings (SSSR count). The van der Waals surface area contributed by atoms with Crippen molar-refractivity contribution in [1.82, 2.24) is 10.2 Å². The zero-order valence-corrected chi connectivity index (χ0v) is 11.9. The Hall–Kier alpha value is -1.35. The Morgan fingerprint density at radius 1 is 1.32 bits per heavy atom. The summed E-state index contributed by atoms with van der Waals surface area (Å²) in [7, 11) is 0. The van der Waals surface area contributed by atoms with E-state index in [2.05, 4.69) is 43.4 Å². The van der Waals surface area contributed by atoms with Crippen LogP contribution >= 0.6 is 0 Å². The van der Waals surface area contributed by atoms with Crippen LogP contribution in [-0.2, 0) is 11.2 Å². The molecule has 1 aromatic carbocycles. The van der Waals surface area contributed by atoms with Gasteiger partial charge in [0, 0.05) is 31.6 Å². The number of hydrogen-bond donors (Lipinski definition) is 1. The van der Waals surface area contributed by atoms with Gasteiger partial charge in [0.15, 0.2) is 0 Å². The number of hydrogen-bond acceptors (Lipinski definition) is 2. The second-order valence-corrected chi connectivity index (χ2v) is 5.54.